The third kappa shape index (κ3) is 2.08. The Morgan fingerprint density at radius 3 is 2.59 bits per heavy atom. The maximum absolute atomic E-state index is 12.1. The molecule has 1 aliphatic heterocycles. The molecule has 0 aromatic carbocycles. The quantitative estimate of drug-likeness (QED) is 0.658. The molecule has 1 saturated heterocycles. The number of aliphatic hydroxyl groups is 1. The minimum Gasteiger partial charge on any atom is -0.396 e. The van der Waals surface area contributed by atoms with Crippen LogP contribution in [0.5, 0.6) is 0 Å². The Balaban J connectivity index is 1.48. The van der Waals surface area contributed by atoms with Crippen LogP contribution in [0.25, 0.3) is 0 Å². The number of hydrogen-bond donors (Lipinski definition) is 3. The van der Waals surface area contributed by atoms with E-state index in [9.17, 15) is 9.90 Å². The van der Waals surface area contributed by atoms with E-state index in [0.29, 0.717) is 12.0 Å². The number of piperidine rings is 1. The number of hydrogen-bond acceptors (Lipinski definition) is 3. The highest BCUT2D eigenvalue weighted by Gasteiger charge is 2.57. The first kappa shape index (κ1) is 11.5. The zero-order chi connectivity index (χ0) is 11.9. The van der Waals surface area contributed by atoms with Gasteiger partial charge in [0.1, 0.15) is 0 Å². The largest absolute Gasteiger partial charge is 0.396 e. The van der Waals surface area contributed by atoms with E-state index in [1.165, 1.54) is 0 Å². The summed E-state index contributed by atoms with van der Waals surface area (Å²) in [6, 6.07) is 0. The minimum absolute atomic E-state index is 0.0336. The molecule has 4 heteroatoms. The zero-order valence-corrected chi connectivity index (χ0v) is 10.3. The summed E-state index contributed by atoms with van der Waals surface area (Å²) in [6.07, 6.45) is 5.49. The summed E-state index contributed by atoms with van der Waals surface area (Å²) in [6.45, 7) is 3.01. The summed E-state index contributed by atoms with van der Waals surface area (Å²) in [5, 5.41) is 15.6. The second kappa shape index (κ2) is 3.95. The van der Waals surface area contributed by atoms with Gasteiger partial charge in [-0.05, 0) is 50.6 Å². The molecule has 0 radical (unpaired) electrons. The van der Waals surface area contributed by atoms with Gasteiger partial charge in [0.25, 0.3) is 0 Å². The molecule has 1 unspecified atom stereocenters. The van der Waals surface area contributed by atoms with Crippen molar-refractivity contribution in [2.45, 2.75) is 32.1 Å². The van der Waals surface area contributed by atoms with Crippen LogP contribution in [0.2, 0.25) is 0 Å². The fourth-order valence-electron chi connectivity index (χ4n) is 3.16. The normalized spacial score (nSPS) is 32.2. The van der Waals surface area contributed by atoms with Gasteiger partial charge < -0.3 is 15.7 Å². The van der Waals surface area contributed by atoms with E-state index in [-0.39, 0.29) is 23.8 Å². The predicted molar refractivity (Wildman–Crippen MR) is 64.4 cm³/mol. The molecule has 0 aromatic rings. The van der Waals surface area contributed by atoms with Gasteiger partial charge in [0.2, 0.25) is 5.91 Å². The number of aliphatic hydroxyl groups excluding tert-OH is 1. The van der Waals surface area contributed by atoms with Gasteiger partial charge in [0, 0.05) is 17.9 Å². The van der Waals surface area contributed by atoms with Crippen LogP contribution in [-0.2, 0) is 4.79 Å². The third-order valence-electron chi connectivity index (χ3n) is 5.04. The van der Waals surface area contributed by atoms with Crippen molar-refractivity contribution in [1.29, 1.82) is 0 Å². The molecule has 96 valence electrons. The van der Waals surface area contributed by atoms with Crippen molar-refractivity contribution < 1.29 is 9.90 Å². The molecule has 3 rings (SSSR count). The Bertz CT molecular complexity index is 319. The number of nitrogens with one attached hydrogen (secondary N) is 2. The number of rotatable bonds is 4. The lowest BCUT2D eigenvalue weighted by Crippen LogP contribution is -2.36. The topological polar surface area (TPSA) is 61.4 Å². The van der Waals surface area contributed by atoms with Crippen molar-refractivity contribution >= 4 is 5.91 Å². The van der Waals surface area contributed by atoms with Gasteiger partial charge >= 0.3 is 0 Å². The highest BCUT2D eigenvalue weighted by Crippen LogP contribution is 2.58. The Morgan fingerprint density at radius 2 is 2.00 bits per heavy atom. The molecule has 4 nitrogen and oxygen atoms in total. The molecule has 3 fully saturated rings. The molecule has 17 heavy (non-hydrogen) atoms. The number of carbonyl (C=O) groups excluding carboxylic acids is 1. The Morgan fingerprint density at radius 1 is 1.29 bits per heavy atom. The van der Waals surface area contributed by atoms with Gasteiger partial charge in [-0.3, -0.25) is 4.79 Å². The van der Waals surface area contributed by atoms with Crippen LogP contribution in [0, 0.1) is 16.7 Å². The van der Waals surface area contributed by atoms with Gasteiger partial charge in [-0.15, -0.1) is 0 Å². The molecule has 3 aliphatic rings. The number of amides is 1. The van der Waals surface area contributed by atoms with Crippen molar-refractivity contribution in [1.82, 2.24) is 10.6 Å². The summed E-state index contributed by atoms with van der Waals surface area (Å²) in [5.74, 6) is 0.478. The number of carbonyl (C=O) groups is 1. The minimum atomic E-state index is 0.0336. The summed E-state index contributed by atoms with van der Waals surface area (Å²) in [5.41, 5.74) is 0.358. The Labute approximate surface area is 102 Å². The van der Waals surface area contributed by atoms with Crippen LogP contribution in [0.15, 0.2) is 0 Å². The van der Waals surface area contributed by atoms with Crippen molar-refractivity contribution in [3.05, 3.63) is 0 Å². The van der Waals surface area contributed by atoms with E-state index in [1.54, 1.807) is 0 Å². The zero-order valence-electron chi connectivity index (χ0n) is 10.3. The average Bonchev–Trinajstić information content (AvgIpc) is 3.25. The Kier molecular flexibility index (Phi) is 2.67. The standard InChI is InChI=1S/C13H22N2O2/c16-9-12(1-2-12)8-15-11(17)10-7-13(10)3-5-14-6-4-13/h10,14,16H,1-9H2,(H,15,17). The summed E-state index contributed by atoms with van der Waals surface area (Å²) < 4.78 is 0. The lowest BCUT2D eigenvalue weighted by atomic mass is 9.91. The Hall–Kier alpha value is -0.610. The van der Waals surface area contributed by atoms with Crippen LogP contribution < -0.4 is 10.6 Å². The lowest BCUT2D eigenvalue weighted by Gasteiger charge is -2.23. The first-order valence-corrected chi connectivity index (χ1v) is 6.79. The summed E-state index contributed by atoms with van der Waals surface area (Å²) in [4.78, 5) is 12.1. The van der Waals surface area contributed by atoms with Gasteiger partial charge in [-0.25, -0.2) is 0 Å². The van der Waals surface area contributed by atoms with Crippen molar-refractivity contribution in [2.75, 3.05) is 26.2 Å². The SMILES string of the molecule is O=C(NCC1(CO)CC1)C1CC12CCNCC2. The molecular weight excluding hydrogens is 216 g/mol. The maximum Gasteiger partial charge on any atom is 0.223 e. The van der Waals surface area contributed by atoms with Crippen LogP contribution in [0.3, 0.4) is 0 Å². The third-order valence-corrected chi connectivity index (χ3v) is 5.04. The molecule has 1 atom stereocenters. The molecule has 1 spiro atoms. The van der Waals surface area contributed by atoms with Gasteiger partial charge in [0.05, 0.1) is 6.61 Å². The van der Waals surface area contributed by atoms with E-state index in [2.05, 4.69) is 10.6 Å². The molecular formula is C13H22N2O2. The first-order valence-electron chi connectivity index (χ1n) is 6.79. The van der Waals surface area contributed by atoms with Crippen LogP contribution in [-0.4, -0.2) is 37.3 Å². The van der Waals surface area contributed by atoms with Crippen LogP contribution in [0.4, 0.5) is 0 Å². The van der Waals surface area contributed by atoms with E-state index in [1.807, 2.05) is 0 Å². The second-order valence-electron chi connectivity index (χ2n) is 6.25. The molecule has 2 saturated carbocycles. The molecule has 0 bridgehead atoms. The lowest BCUT2D eigenvalue weighted by molar-refractivity contribution is -0.123. The van der Waals surface area contributed by atoms with Gasteiger partial charge in [-0.2, -0.15) is 0 Å². The van der Waals surface area contributed by atoms with Gasteiger partial charge in [0.15, 0.2) is 0 Å². The fraction of sp³-hybridized carbons (Fsp3) is 0.923. The second-order valence-corrected chi connectivity index (χ2v) is 6.25. The summed E-state index contributed by atoms with van der Waals surface area (Å²) >= 11 is 0. The highest BCUT2D eigenvalue weighted by atomic mass is 16.3. The summed E-state index contributed by atoms with van der Waals surface area (Å²) in [7, 11) is 0. The molecule has 1 amide bonds. The molecule has 1 heterocycles. The first-order chi connectivity index (χ1) is 8.20. The van der Waals surface area contributed by atoms with Crippen molar-refractivity contribution in [2.24, 2.45) is 16.7 Å². The van der Waals surface area contributed by atoms with E-state index in [0.717, 1.165) is 45.2 Å². The van der Waals surface area contributed by atoms with Crippen molar-refractivity contribution in [3.63, 3.8) is 0 Å². The van der Waals surface area contributed by atoms with E-state index in [4.69, 9.17) is 0 Å². The fourth-order valence-corrected chi connectivity index (χ4v) is 3.16. The van der Waals surface area contributed by atoms with Crippen molar-refractivity contribution in [3.8, 4) is 0 Å². The highest BCUT2D eigenvalue weighted by molar-refractivity contribution is 5.82. The predicted octanol–water partition coefficient (Wildman–Crippen LogP) is 0.265. The maximum atomic E-state index is 12.1. The van der Waals surface area contributed by atoms with E-state index < -0.39 is 0 Å². The monoisotopic (exact) mass is 238 g/mol. The molecule has 0 aromatic heterocycles. The average molecular weight is 238 g/mol. The molecule has 3 N–H and O–H groups in total. The van der Waals surface area contributed by atoms with Crippen LogP contribution >= 0.6 is 0 Å². The van der Waals surface area contributed by atoms with E-state index >= 15 is 0 Å². The molecule has 2 aliphatic carbocycles. The van der Waals surface area contributed by atoms with Gasteiger partial charge in [-0.1, -0.05) is 0 Å². The smallest absolute Gasteiger partial charge is 0.223 e. The van der Waals surface area contributed by atoms with Crippen LogP contribution in [0.1, 0.15) is 32.1 Å².